The zero-order chi connectivity index (χ0) is 16.4. The van der Waals surface area contributed by atoms with Crippen LogP contribution in [0.15, 0.2) is 70.5 Å². The van der Waals surface area contributed by atoms with Crippen molar-refractivity contribution in [2.45, 2.75) is 13.5 Å². The van der Waals surface area contributed by atoms with Gasteiger partial charge < -0.3 is 4.57 Å². The molecule has 0 atom stereocenters. The molecule has 1 aromatic heterocycles. The van der Waals surface area contributed by atoms with Crippen LogP contribution in [-0.4, -0.2) is 9.13 Å². The van der Waals surface area contributed by atoms with Crippen molar-refractivity contribution in [3.63, 3.8) is 0 Å². The van der Waals surface area contributed by atoms with E-state index >= 15 is 0 Å². The van der Waals surface area contributed by atoms with Gasteiger partial charge in [-0.15, -0.1) is 0 Å². The summed E-state index contributed by atoms with van der Waals surface area (Å²) in [5.74, 6) is -0.453. The second kappa shape index (κ2) is 6.04. The molecule has 3 aromatic rings. The molecular weight excluding hydrogens is 295 g/mol. The van der Waals surface area contributed by atoms with Gasteiger partial charge in [0, 0.05) is 12.4 Å². The lowest BCUT2D eigenvalue weighted by molar-refractivity contribution is 0.625. The smallest absolute Gasteiger partial charge is 0.305 e. The minimum Gasteiger partial charge on any atom is -0.305 e. The first-order valence-corrected chi connectivity index (χ1v) is 7.19. The number of hydrogen-bond donors (Lipinski definition) is 0. The van der Waals surface area contributed by atoms with Crippen molar-refractivity contribution in [3.8, 4) is 5.69 Å². The fraction of sp³-hybridized carbons (Fsp3) is 0.111. The van der Waals surface area contributed by atoms with Crippen molar-refractivity contribution >= 4 is 0 Å². The Balaban J connectivity index is 2.06. The second-order valence-electron chi connectivity index (χ2n) is 5.32. The molecule has 0 fully saturated rings. The maximum atomic E-state index is 13.4. The topological polar surface area (TPSA) is 44.0 Å². The summed E-state index contributed by atoms with van der Waals surface area (Å²) in [6.45, 7) is 2.08. The van der Waals surface area contributed by atoms with Crippen LogP contribution >= 0.6 is 0 Å². The molecule has 0 aliphatic heterocycles. The Hall–Kier alpha value is -2.95. The lowest BCUT2D eigenvalue weighted by atomic mass is 10.2. The predicted molar refractivity (Wildman–Crippen MR) is 86.5 cm³/mol. The van der Waals surface area contributed by atoms with E-state index in [2.05, 4.69) is 0 Å². The van der Waals surface area contributed by atoms with Crippen LogP contribution in [0.3, 0.4) is 0 Å². The minimum absolute atomic E-state index is 0.317. The van der Waals surface area contributed by atoms with Gasteiger partial charge in [0.2, 0.25) is 0 Å². The van der Waals surface area contributed by atoms with Crippen molar-refractivity contribution in [1.29, 1.82) is 0 Å². The average molecular weight is 310 g/mol. The standard InChI is InChI=1S/C18H15FN2O2/c1-13-7-8-15(19)11-16(13)21-10-9-20(17(22)18(21)23)12-14-5-3-2-4-6-14/h2-11H,12H2,1H3. The third-order valence-electron chi connectivity index (χ3n) is 3.68. The number of nitrogens with zero attached hydrogens (tertiary/aromatic N) is 2. The quantitative estimate of drug-likeness (QED) is 0.698. The number of aryl methyl sites for hydroxylation is 1. The van der Waals surface area contributed by atoms with Crippen LogP contribution in [0, 0.1) is 12.7 Å². The zero-order valence-electron chi connectivity index (χ0n) is 12.6. The molecule has 0 N–H and O–H groups in total. The molecule has 0 radical (unpaired) electrons. The number of rotatable bonds is 3. The monoisotopic (exact) mass is 310 g/mol. The second-order valence-corrected chi connectivity index (χ2v) is 5.32. The summed E-state index contributed by atoms with van der Waals surface area (Å²) in [5, 5.41) is 0. The van der Waals surface area contributed by atoms with Gasteiger partial charge in [0.15, 0.2) is 0 Å². The van der Waals surface area contributed by atoms with Crippen molar-refractivity contribution in [2.75, 3.05) is 0 Å². The Kier molecular flexibility index (Phi) is 3.93. The Labute approximate surface area is 132 Å². The summed E-state index contributed by atoms with van der Waals surface area (Å²) in [7, 11) is 0. The zero-order valence-corrected chi connectivity index (χ0v) is 12.6. The van der Waals surface area contributed by atoms with Crippen LogP contribution in [0.5, 0.6) is 0 Å². The summed E-state index contributed by atoms with van der Waals surface area (Å²) < 4.78 is 16.0. The molecule has 2 aromatic carbocycles. The summed E-state index contributed by atoms with van der Waals surface area (Å²) in [4.78, 5) is 24.7. The van der Waals surface area contributed by atoms with E-state index in [0.717, 1.165) is 5.56 Å². The number of hydrogen-bond acceptors (Lipinski definition) is 2. The fourth-order valence-corrected chi connectivity index (χ4v) is 2.44. The predicted octanol–water partition coefficient (Wildman–Crippen LogP) is 2.50. The molecule has 0 spiro atoms. The Morgan fingerprint density at radius 3 is 2.43 bits per heavy atom. The summed E-state index contributed by atoms with van der Waals surface area (Å²) >= 11 is 0. The number of halogens is 1. The average Bonchev–Trinajstić information content (AvgIpc) is 2.56. The van der Waals surface area contributed by atoms with E-state index in [-0.39, 0.29) is 0 Å². The van der Waals surface area contributed by atoms with E-state index < -0.39 is 16.9 Å². The van der Waals surface area contributed by atoms with Gasteiger partial charge in [0.1, 0.15) is 5.82 Å². The van der Waals surface area contributed by atoms with E-state index in [1.165, 1.54) is 27.5 Å². The van der Waals surface area contributed by atoms with Gasteiger partial charge in [0.25, 0.3) is 0 Å². The molecule has 0 bridgehead atoms. The molecule has 1 heterocycles. The first-order valence-electron chi connectivity index (χ1n) is 7.19. The molecule has 0 saturated carbocycles. The largest absolute Gasteiger partial charge is 0.320 e. The van der Waals surface area contributed by atoms with Crippen LogP contribution in [0.1, 0.15) is 11.1 Å². The van der Waals surface area contributed by atoms with Crippen molar-refractivity contribution < 1.29 is 4.39 Å². The highest BCUT2D eigenvalue weighted by molar-refractivity contribution is 5.40. The maximum Gasteiger partial charge on any atom is 0.320 e. The molecular formula is C18H15FN2O2. The van der Waals surface area contributed by atoms with E-state index in [1.54, 1.807) is 19.2 Å². The van der Waals surface area contributed by atoms with Gasteiger partial charge in [-0.1, -0.05) is 36.4 Å². The molecule has 0 aliphatic carbocycles. The van der Waals surface area contributed by atoms with Crippen molar-refractivity contribution in [2.24, 2.45) is 0 Å². The molecule has 0 saturated heterocycles. The highest BCUT2D eigenvalue weighted by Crippen LogP contribution is 2.13. The lowest BCUT2D eigenvalue weighted by Gasteiger charge is -2.11. The molecule has 4 nitrogen and oxygen atoms in total. The van der Waals surface area contributed by atoms with E-state index in [9.17, 15) is 14.0 Å². The molecule has 3 rings (SSSR count). The van der Waals surface area contributed by atoms with Crippen LogP contribution in [0.25, 0.3) is 5.69 Å². The molecule has 0 amide bonds. The Morgan fingerprint density at radius 1 is 0.957 bits per heavy atom. The maximum absolute atomic E-state index is 13.4. The van der Waals surface area contributed by atoms with Gasteiger partial charge in [0.05, 0.1) is 12.2 Å². The summed E-state index contributed by atoms with van der Waals surface area (Å²) in [6, 6.07) is 13.5. The highest BCUT2D eigenvalue weighted by atomic mass is 19.1. The van der Waals surface area contributed by atoms with E-state index in [1.807, 2.05) is 30.3 Å². The Morgan fingerprint density at radius 2 is 1.70 bits per heavy atom. The fourth-order valence-electron chi connectivity index (χ4n) is 2.44. The van der Waals surface area contributed by atoms with Crippen molar-refractivity contribution in [1.82, 2.24) is 9.13 Å². The lowest BCUT2D eigenvalue weighted by Crippen LogP contribution is -2.40. The minimum atomic E-state index is -0.697. The van der Waals surface area contributed by atoms with Crippen LogP contribution in [-0.2, 0) is 6.54 Å². The molecule has 5 heteroatoms. The van der Waals surface area contributed by atoms with Gasteiger partial charge in [-0.2, -0.15) is 0 Å². The normalized spacial score (nSPS) is 10.7. The number of aromatic nitrogens is 2. The highest BCUT2D eigenvalue weighted by Gasteiger charge is 2.10. The van der Waals surface area contributed by atoms with E-state index in [4.69, 9.17) is 0 Å². The van der Waals surface area contributed by atoms with Crippen LogP contribution in [0.2, 0.25) is 0 Å². The molecule has 0 aliphatic rings. The number of benzene rings is 2. The molecule has 116 valence electrons. The van der Waals surface area contributed by atoms with Crippen molar-refractivity contribution in [3.05, 3.63) is 98.6 Å². The Bertz CT molecular complexity index is 959. The van der Waals surface area contributed by atoms with E-state index in [0.29, 0.717) is 17.8 Å². The first-order chi connectivity index (χ1) is 11.1. The third-order valence-corrected chi connectivity index (χ3v) is 3.68. The third kappa shape index (κ3) is 2.99. The van der Waals surface area contributed by atoms with Crippen LogP contribution in [0.4, 0.5) is 4.39 Å². The van der Waals surface area contributed by atoms with Crippen LogP contribution < -0.4 is 11.1 Å². The van der Waals surface area contributed by atoms with Gasteiger partial charge >= 0.3 is 11.1 Å². The summed E-state index contributed by atoms with van der Waals surface area (Å²) in [6.07, 6.45) is 3.04. The first kappa shape index (κ1) is 15.0. The SMILES string of the molecule is Cc1ccc(F)cc1-n1ccn(Cc2ccccc2)c(=O)c1=O. The molecule has 23 heavy (non-hydrogen) atoms. The summed E-state index contributed by atoms with van der Waals surface area (Å²) in [5.41, 5.74) is 0.679. The van der Waals surface area contributed by atoms with Gasteiger partial charge in [-0.05, 0) is 30.2 Å². The van der Waals surface area contributed by atoms with Gasteiger partial charge in [-0.3, -0.25) is 14.2 Å². The van der Waals surface area contributed by atoms with Gasteiger partial charge in [-0.25, -0.2) is 4.39 Å². The molecule has 0 unspecified atom stereocenters.